The Morgan fingerprint density at radius 3 is 2.57 bits per heavy atom. The number of hydrogen-bond donors (Lipinski definition) is 4. The van der Waals surface area contributed by atoms with Gasteiger partial charge < -0.3 is 25.8 Å². The molecule has 0 unspecified atom stereocenters. The number of carbonyl (C=O) groups excluding carboxylic acids is 1. The second kappa shape index (κ2) is 9.34. The molecule has 148 valence electrons. The molecule has 1 fully saturated rings. The maximum atomic E-state index is 12.5. The normalized spacial score (nSPS) is 17.5. The molecule has 0 saturated carbocycles. The van der Waals surface area contributed by atoms with E-state index in [9.17, 15) is 14.7 Å². The third-order valence-electron chi connectivity index (χ3n) is 4.78. The predicted molar refractivity (Wildman–Crippen MR) is 106 cm³/mol. The smallest absolute Gasteiger partial charge is 0.305 e. The van der Waals surface area contributed by atoms with Crippen molar-refractivity contribution in [2.75, 3.05) is 26.7 Å². The number of carboxylic acids is 1. The van der Waals surface area contributed by atoms with Gasteiger partial charge in [-0.15, -0.1) is 0 Å². The van der Waals surface area contributed by atoms with Gasteiger partial charge in [-0.25, -0.2) is 0 Å². The van der Waals surface area contributed by atoms with Crippen molar-refractivity contribution < 1.29 is 19.4 Å². The van der Waals surface area contributed by atoms with E-state index in [1.807, 2.05) is 48.5 Å². The molecular formula is C21H25N3O4. The minimum atomic E-state index is -0.964. The average Bonchev–Trinajstić information content (AvgIpc) is 2.73. The number of piperazine rings is 1. The van der Waals surface area contributed by atoms with Crippen molar-refractivity contribution in [3.05, 3.63) is 54.1 Å². The van der Waals surface area contributed by atoms with E-state index >= 15 is 0 Å². The number of aliphatic carboxylic acids is 1. The summed E-state index contributed by atoms with van der Waals surface area (Å²) in [5.41, 5.74) is 2.66. The van der Waals surface area contributed by atoms with Crippen LogP contribution in [0.25, 0.3) is 11.1 Å². The molecule has 1 aliphatic heterocycles. The van der Waals surface area contributed by atoms with Gasteiger partial charge in [-0.2, -0.15) is 0 Å². The zero-order valence-corrected chi connectivity index (χ0v) is 15.8. The van der Waals surface area contributed by atoms with E-state index in [0.717, 1.165) is 29.0 Å². The highest BCUT2D eigenvalue weighted by molar-refractivity contribution is 5.83. The molecule has 1 aliphatic rings. The average molecular weight is 383 g/mol. The number of rotatable bonds is 7. The Kier molecular flexibility index (Phi) is 6.62. The molecule has 1 saturated heterocycles. The van der Waals surface area contributed by atoms with Crippen LogP contribution in [0.15, 0.2) is 48.5 Å². The van der Waals surface area contributed by atoms with Gasteiger partial charge in [-0.05, 0) is 17.2 Å². The largest absolute Gasteiger partial charge is 0.496 e. The highest BCUT2D eigenvalue weighted by atomic mass is 16.5. The first-order valence-electron chi connectivity index (χ1n) is 9.28. The van der Waals surface area contributed by atoms with Crippen molar-refractivity contribution in [2.45, 2.75) is 18.5 Å². The number of amides is 1. The summed E-state index contributed by atoms with van der Waals surface area (Å²) >= 11 is 0. The van der Waals surface area contributed by atoms with Gasteiger partial charge in [-0.3, -0.25) is 9.59 Å². The second-order valence-electron chi connectivity index (χ2n) is 6.69. The van der Waals surface area contributed by atoms with Crippen LogP contribution in [0, 0.1) is 0 Å². The van der Waals surface area contributed by atoms with Gasteiger partial charge in [0.25, 0.3) is 0 Å². The van der Waals surface area contributed by atoms with Crippen LogP contribution in [0.1, 0.15) is 18.0 Å². The van der Waals surface area contributed by atoms with Crippen LogP contribution in [0.5, 0.6) is 5.75 Å². The molecule has 7 heteroatoms. The predicted octanol–water partition coefficient (Wildman–Crippen LogP) is 1.56. The number of nitrogens with one attached hydrogen (secondary N) is 3. The number of carboxylic acid groups (broad SMARTS) is 1. The summed E-state index contributed by atoms with van der Waals surface area (Å²) < 4.78 is 5.40. The van der Waals surface area contributed by atoms with Gasteiger partial charge in [0.15, 0.2) is 0 Å². The Hall–Kier alpha value is -2.90. The van der Waals surface area contributed by atoms with Crippen LogP contribution in [-0.2, 0) is 9.59 Å². The van der Waals surface area contributed by atoms with E-state index in [1.165, 1.54) is 0 Å². The van der Waals surface area contributed by atoms with Gasteiger partial charge in [0.1, 0.15) is 5.75 Å². The summed E-state index contributed by atoms with van der Waals surface area (Å²) in [6.07, 6.45) is -0.181. The zero-order valence-electron chi connectivity index (χ0n) is 15.8. The molecule has 7 nitrogen and oxygen atoms in total. The van der Waals surface area contributed by atoms with E-state index in [1.54, 1.807) is 7.11 Å². The quantitative estimate of drug-likeness (QED) is 0.579. The van der Waals surface area contributed by atoms with Gasteiger partial charge in [-0.1, -0.05) is 42.5 Å². The fraction of sp³-hybridized carbons (Fsp3) is 0.333. The first-order chi connectivity index (χ1) is 13.6. The Balaban J connectivity index is 1.78. The summed E-state index contributed by atoms with van der Waals surface area (Å²) in [4.78, 5) is 23.8. The molecule has 0 radical (unpaired) electrons. The van der Waals surface area contributed by atoms with Crippen LogP contribution >= 0.6 is 0 Å². The molecule has 2 atom stereocenters. The molecule has 0 aromatic heterocycles. The zero-order chi connectivity index (χ0) is 19.9. The van der Waals surface area contributed by atoms with E-state index in [0.29, 0.717) is 13.1 Å². The number of ether oxygens (including phenoxy) is 1. The first-order valence-corrected chi connectivity index (χ1v) is 9.28. The Bertz CT molecular complexity index is 817. The molecule has 3 rings (SSSR count). The number of hydrogen-bond acceptors (Lipinski definition) is 5. The molecule has 2 aromatic carbocycles. The second-order valence-corrected chi connectivity index (χ2v) is 6.69. The van der Waals surface area contributed by atoms with Gasteiger partial charge in [0.05, 0.1) is 25.6 Å². The van der Waals surface area contributed by atoms with Crippen molar-refractivity contribution in [2.24, 2.45) is 0 Å². The Morgan fingerprint density at radius 1 is 1.18 bits per heavy atom. The first kappa shape index (κ1) is 19.9. The molecule has 1 amide bonds. The van der Waals surface area contributed by atoms with Crippen molar-refractivity contribution in [1.82, 2.24) is 16.0 Å². The molecule has 4 N–H and O–H groups in total. The standard InChI is InChI=1S/C21H25N3O4/c1-28-19-5-3-2-4-16(19)14-6-8-15(9-7-14)17(12-20(25)26)24-21(27)18-13-22-10-11-23-18/h2-9,17-18,22-23H,10-13H2,1H3,(H,24,27)(H,25,26)/t17-,18-/m1/s1. The lowest BCUT2D eigenvalue weighted by Gasteiger charge is -2.26. The lowest BCUT2D eigenvalue weighted by molar-refractivity contribution is -0.137. The molecule has 0 bridgehead atoms. The highest BCUT2D eigenvalue weighted by Gasteiger charge is 2.25. The van der Waals surface area contributed by atoms with E-state index < -0.39 is 12.0 Å². The third-order valence-corrected chi connectivity index (χ3v) is 4.78. The van der Waals surface area contributed by atoms with Gasteiger partial charge >= 0.3 is 5.97 Å². The number of methoxy groups -OCH3 is 1. The van der Waals surface area contributed by atoms with Crippen LogP contribution in [-0.4, -0.2) is 49.8 Å². The summed E-state index contributed by atoms with van der Waals surface area (Å²) in [6, 6.07) is 14.3. The minimum Gasteiger partial charge on any atom is -0.496 e. The molecular weight excluding hydrogens is 358 g/mol. The van der Waals surface area contributed by atoms with E-state index in [2.05, 4.69) is 16.0 Å². The SMILES string of the molecule is COc1ccccc1-c1ccc([C@@H](CC(=O)O)NC(=O)[C@H]2CNCCN2)cc1. The van der Waals surface area contributed by atoms with Crippen molar-refractivity contribution in [3.63, 3.8) is 0 Å². The molecule has 1 heterocycles. The Morgan fingerprint density at radius 2 is 1.93 bits per heavy atom. The number of benzene rings is 2. The summed E-state index contributed by atoms with van der Waals surface area (Å²) in [7, 11) is 1.62. The van der Waals surface area contributed by atoms with Gasteiger partial charge in [0.2, 0.25) is 5.91 Å². The lowest BCUT2D eigenvalue weighted by atomic mass is 9.98. The number of carbonyl (C=O) groups is 2. The van der Waals surface area contributed by atoms with E-state index in [4.69, 9.17) is 4.74 Å². The highest BCUT2D eigenvalue weighted by Crippen LogP contribution is 2.30. The van der Waals surface area contributed by atoms with Crippen molar-refractivity contribution in [1.29, 1.82) is 0 Å². The fourth-order valence-electron chi connectivity index (χ4n) is 3.32. The lowest BCUT2D eigenvalue weighted by Crippen LogP contribution is -2.56. The number of para-hydroxylation sites is 1. The summed E-state index contributed by atoms with van der Waals surface area (Å²) in [6.45, 7) is 2.04. The Labute approximate surface area is 164 Å². The topological polar surface area (TPSA) is 99.7 Å². The minimum absolute atomic E-state index is 0.181. The molecule has 2 aromatic rings. The molecule has 0 spiro atoms. The van der Waals surface area contributed by atoms with Gasteiger partial charge in [0, 0.05) is 25.2 Å². The van der Waals surface area contributed by atoms with Crippen LogP contribution < -0.4 is 20.7 Å². The van der Waals surface area contributed by atoms with Crippen LogP contribution in [0.3, 0.4) is 0 Å². The molecule has 28 heavy (non-hydrogen) atoms. The molecule has 0 aliphatic carbocycles. The summed E-state index contributed by atoms with van der Waals surface area (Å²) in [5, 5.41) is 18.4. The monoisotopic (exact) mass is 383 g/mol. The maximum absolute atomic E-state index is 12.5. The maximum Gasteiger partial charge on any atom is 0.305 e. The fourth-order valence-corrected chi connectivity index (χ4v) is 3.32. The third kappa shape index (κ3) is 4.88. The van der Waals surface area contributed by atoms with Crippen LogP contribution in [0.4, 0.5) is 0 Å². The van der Waals surface area contributed by atoms with Crippen LogP contribution in [0.2, 0.25) is 0 Å². The summed E-state index contributed by atoms with van der Waals surface area (Å²) in [5.74, 6) is -0.400. The van der Waals surface area contributed by atoms with Crippen molar-refractivity contribution in [3.8, 4) is 16.9 Å². The van der Waals surface area contributed by atoms with E-state index in [-0.39, 0.29) is 18.4 Å². The van der Waals surface area contributed by atoms with Crippen molar-refractivity contribution >= 4 is 11.9 Å².